The molecule has 0 fully saturated rings. The smallest absolute Gasteiger partial charge is 0.329 e. The van der Waals surface area contributed by atoms with Crippen molar-refractivity contribution in [2.24, 2.45) is 0 Å². The first-order valence-corrected chi connectivity index (χ1v) is 6.89. The van der Waals surface area contributed by atoms with Crippen molar-refractivity contribution in [3.8, 4) is 5.75 Å². The standard InChI is InChI=1S/C16H13N3O3/c1-18-12-8-4-5-9-13(12)22-15(14(18)20)19-11-7-3-2-6-10(11)17-16(19)21/h2-9,15H,1H3,(H,17,21). The minimum absolute atomic E-state index is 0.287. The van der Waals surface area contributed by atoms with Gasteiger partial charge in [0.2, 0.25) is 0 Å². The van der Waals surface area contributed by atoms with Gasteiger partial charge in [0.05, 0.1) is 16.7 Å². The Kier molecular flexibility index (Phi) is 2.59. The third-order valence-electron chi connectivity index (χ3n) is 3.87. The van der Waals surface area contributed by atoms with Crippen LogP contribution in [-0.4, -0.2) is 22.5 Å². The highest BCUT2D eigenvalue weighted by molar-refractivity contribution is 5.99. The Morgan fingerprint density at radius 1 is 1.05 bits per heavy atom. The van der Waals surface area contributed by atoms with Crippen LogP contribution in [0.15, 0.2) is 53.3 Å². The number of nitrogens with one attached hydrogen (secondary N) is 1. The van der Waals surface area contributed by atoms with Crippen molar-refractivity contribution < 1.29 is 9.53 Å². The normalized spacial score (nSPS) is 17.4. The average Bonchev–Trinajstić information content (AvgIpc) is 2.87. The van der Waals surface area contributed by atoms with Gasteiger partial charge in [0.15, 0.2) is 0 Å². The van der Waals surface area contributed by atoms with E-state index < -0.39 is 6.23 Å². The number of para-hydroxylation sites is 4. The molecule has 1 aliphatic heterocycles. The number of rotatable bonds is 1. The summed E-state index contributed by atoms with van der Waals surface area (Å²) in [5.74, 6) is 0.289. The molecule has 1 atom stereocenters. The number of imidazole rings is 1. The Hall–Kier alpha value is -3.02. The minimum atomic E-state index is -1.01. The number of anilines is 1. The van der Waals surface area contributed by atoms with Crippen LogP contribution in [0.5, 0.6) is 5.75 Å². The second-order valence-corrected chi connectivity index (χ2v) is 5.15. The maximum Gasteiger partial charge on any atom is 0.329 e. The quantitative estimate of drug-likeness (QED) is 0.745. The molecule has 4 rings (SSSR count). The Morgan fingerprint density at radius 2 is 1.77 bits per heavy atom. The molecule has 110 valence electrons. The lowest BCUT2D eigenvalue weighted by atomic mass is 10.2. The Labute approximate surface area is 125 Å². The molecule has 1 aliphatic rings. The van der Waals surface area contributed by atoms with Crippen LogP contribution >= 0.6 is 0 Å². The maximum absolute atomic E-state index is 12.6. The highest BCUT2D eigenvalue weighted by Gasteiger charge is 2.35. The molecule has 0 spiro atoms. The summed E-state index contributed by atoms with van der Waals surface area (Å²) in [6, 6.07) is 14.5. The number of amides is 1. The van der Waals surface area contributed by atoms with Crippen molar-refractivity contribution in [3.05, 3.63) is 59.0 Å². The first-order valence-electron chi connectivity index (χ1n) is 6.89. The number of hydrogen-bond acceptors (Lipinski definition) is 3. The molecule has 1 amide bonds. The van der Waals surface area contributed by atoms with Crippen molar-refractivity contribution in [1.82, 2.24) is 9.55 Å². The molecule has 22 heavy (non-hydrogen) atoms. The summed E-state index contributed by atoms with van der Waals surface area (Å²) in [6.45, 7) is 0. The molecule has 1 N–H and O–H groups in total. The van der Waals surface area contributed by atoms with Crippen molar-refractivity contribution in [2.45, 2.75) is 6.23 Å². The summed E-state index contributed by atoms with van der Waals surface area (Å²) in [7, 11) is 1.68. The van der Waals surface area contributed by atoms with Gasteiger partial charge < -0.3 is 14.6 Å². The molecule has 0 saturated carbocycles. The summed E-state index contributed by atoms with van der Waals surface area (Å²) in [6.07, 6.45) is -1.01. The Morgan fingerprint density at radius 3 is 2.64 bits per heavy atom. The number of ether oxygens (including phenoxy) is 1. The summed E-state index contributed by atoms with van der Waals surface area (Å²) >= 11 is 0. The van der Waals surface area contributed by atoms with Crippen LogP contribution in [0.1, 0.15) is 6.23 Å². The van der Waals surface area contributed by atoms with Crippen LogP contribution in [-0.2, 0) is 4.79 Å². The van der Waals surface area contributed by atoms with Gasteiger partial charge in [0, 0.05) is 7.05 Å². The highest BCUT2D eigenvalue weighted by atomic mass is 16.5. The van der Waals surface area contributed by atoms with E-state index in [1.54, 1.807) is 31.3 Å². The third kappa shape index (κ3) is 1.67. The molecule has 2 heterocycles. The maximum atomic E-state index is 12.6. The van der Waals surface area contributed by atoms with E-state index in [4.69, 9.17) is 4.74 Å². The topological polar surface area (TPSA) is 67.3 Å². The second kappa shape index (κ2) is 4.49. The zero-order valence-corrected chi connectivity index (χ0v) is 11.8. The summed E-state index contributed by atoms with van der Waals surface area (Å²) in [5, 5.41) is 0. The second-order valence-electron chi connectivity index (χ2n) is 5.15. The number of carbonyl (C=O) groups is 1. The number of hydrogen-bond donors (Lipinski definition) is 1. The molecule has 6 nitrogen and oxygen atoms in total. The van der Waals surface area contributed by atoms with Crippen LogP contribution in [0, 0.1) is 0 Å². The predicted octanol–water partition coefficient (Wildman–Crippen LogP) is 1.88. The number of likely N-dealkylation sites (N-methyl/N-ethyl adjacent to an activating group) is 1. The Balaban J connectivity index is 1.91. The summed E-state index contributed by atoms with van der Waals surface area (Å²) in [4.78, 5) is 29.1. The number of aromatic amines is 1. The van der Waals surface area contributed by atoms with Crippen LogP contribution in [0.25, 0.3) is 11.0 Å². The van der Waals surface area contributed by atoms with Crippen LogP contribution in [0.2, 0.25) is 0 Å². The van der Waals surface area contributed by atoms with Gasteiger partial charge >= 0.3 is 5.69 Å². The predicted molar refractivity (Wildman–Crippen MR) is 82.1 cm³/mol. The number of benzene rings is 2. The molecule has 0 saturated heterocycles. The van der Waals surface area contributed by atoms with Gasteiger partial charge in [0.1, 0.15) is 5.75 Å². The van der Waals surface area contributed by atoms with Gasteiger partial charge in [-0.05, 0) is 24.3 Å². The Bertz CT molecular complexity index is 941. The van der Waals surface area contributed by atoms with E-state index in [2.05, 4.69) is 4.98 Å². The summed E-state index contributed by atoms with van der Waals surface area (Å²) in [5.41, 5.74) is 1.63. The van der Waals surface area contributed by atoms with Crippen LogP contribution < -0.4 is 15.3 Å². The monoisotopic (exact) mass is 295 g/mol. The lowest BCUT2D eigenvalue weighted by molar-refractivity contribution is -0.130. The minimum Gasteiger partial charge on any atom is -0.458 e. The number of nitrogens with zero attached hydrogens (tertiary/aromatic N) is 2. The lowest BCUT2D eigenvalue weighted by Crippen LogP contribution is -2.43. The van der Waals surface area contributed by atoms with Gasteiger partial charge in [-0.3, -0.25) is 4.79 Å². The fraction of sp³-hybridized carbons (Fsp3) is 0.125. The highest BCUT2D eigenvalue weighted by Crippen LogP contribution is 2.36. The molecular weight excluding hydrogens is 282 g/mol. The van der Waals surface area contributed by atoms with E-state index in [9.17, 15) is 9.59 Å². The van der Waals surface area contributed by atoms with E-state index in [1.165, 1.54) is 9.47 Å². The molecule has 3 aromatic rings. The van der Waals surface area contributed by atoms with Crippen molar-refractivity contribution in [3.63, 3.8) is 0 Å². The van der Waals surface area contributed by atoms with Gasteiger partial charge in [-0.2, -0.15) is 0 Å². The largest absolute Gasteiger partial charge is 0.458 e. The number of carbonyl (C=O) groups excluding carboxylic acids is 1. The molecule has 1 aromatic heterocycles. The van der Waals surface area contributed by atoms with Crippen molar-refractivity contribution >= 4 is 22.6 Å². The molecule has 6 heteroatoms. The zero-order chi connectivity index (χ0) is 15.3. The van der Waals surface area contributed by atoms with Crippen LogP contribution in [0.4, 0.5) is 5.69 Å². The van der Waals surface area contributed by atoms with Crippen LogP contribution in [0.3, 0.4) is 0 Å². The summed E-state index contributed by atoms with van der Waals surface area (Å²) < 4.78 is 7.15. The van der Waals surface area contributed by atoms with E-state index in [0.717, 1.165) is 0 Å². The van der Waals surface area contributed by atoms with Gasteiger partial charge in [0.25, 0.3) is 12.1 Å². The van der Waals surface area contributed by atoms with Gasteiger partial charge in [-0.1, -0.05) is 24.3 Å². The van der Waals surface area contributed by atoms with Crippen molar-refractivity contribution in [2.75, 3.05) is 11.9 Å². The zero-order valence-electron chi connectivity index (χ0n) is 11.8. The fourth-order valence-corrected chi connectivity index (χ4v) is 2.76. The van der Waals surface area contributed by atoms with Gasteiger partial charge in [-0.25, -0.2) is 9.36 Å². The SMILES string of the molecule is CN1C(=O)C(n2c(=O)[nH]c3ccccc32)Oc2ccccc21. The number of H-pyrrole nitrogens is 1. The molecule has 0 bridgehead atoms. The molecule has 0 radical (unpaired) electrons. The lowest BCUT2D eigenvalue weighted by Gasteiger charge is -2.32. The first kappa shape index (κ1) is 12.7. The fourth-order valence-electron chi connectivity index (χ4n) is 2.76. The average molecular weight is 295 g/mol. The van der Waals surface area contributed by atoms with E-state index in [0.29, 0.717) is 22.5 Å². The molecule has 1 unspecified atom stereocenters. The third-order valence-corrected chi connectivity index (χ3v) is 3.87. The number of fused-ring (bicyclic) bond motifs is 2. The number of aromatic nitrogens is 2. The molecule has 0 aliphatic carbocycles. The van der Waals surface area contributed by atoms with E-state index in [-0.39, 0.29) is 11.6 Å². The molecule has 2 aromatic carbocycles. The van der Waals surface area contributed by atoms with Crippen molar-refractivity contribution in [1.29, 1.82) is 0 Å². The molecular formula is C16H13N3O3. The van der Waals surface area contributed by atoms with E-state index >= 15 is 0 Å². The van der Waals surface area contributed by atoms with E-state index in [1.807, 2.05) is 24.3 Å². The first-order chi connectivity index (χ1) is 10.7. The van der Waals surface area contributed by atoms with Gasteiger partial charge in [-0.15, -0.1) is 0 Å².